The maximum atomic E-state index is 4.47. The molecule has 0 fully saturated rings. The van der Waals surface area contributed by atoms with Gasteiger partial charge in [-0.1, -0.05) is 13.8 Å². The smallest absolute Gasteiger partial charge is 0.185 e. The van der Waals surface area contributed by atoms with E-state index in [1.54, 1.807) is 11.3 Å². The van der Waals surface area contributed by atoms with Gasteiger partial charge in [0.05, 0.1) is 6.20 Å². The molecule has 104 valence electrons. The number of anilines is 1. The molecular weight excluding hydrogens is 258 g/mol. The zero-order valence-electron chi connectivity index (χ0n) is 11.9. The van der Waals surface area contributed by atoms with E-state index in [0.29, 0.717) is 6.04 Å². The van der Waals surface area contributed by atoms with Crippen molar-refractivity contribution in [2.24, 2.45) is 7.05 Å². The van der Waals surface area contributed by atoms with Crippen LogP contribution >= 0.6 is 11.3 Å². The molecule has 2 aromatic rings. The molecule has 0 saturated carbocycles. The van der Waals surface area contributed by atoms with Crippen molar-refractivity contribution in [3.8, 4) is 0 Å². The van der Waals surface area contributed by atoms with Crippen LogP contribution in [-0.2, 0) is 20.1 Å². The van der Waals surface area contributed by atoms with Crippen molar-refractivity contribution < 1.29 is 0 Å². The highest BCUT2D eigenvalue weighted by molar-refractivity contribution is 7.15. The number of nitrogens with zero attached hydrogens (tertiary/aromatic N) is 4. The van der Waals surface area contributed by atoms with Gasteiger partial charge in [0.2, 0.25) is 0 Å². The molecule has 2 heterocycles. The molecule has 2 rings (SSSR count). The SMILES string of the molecule is CC(C)NCc1cnc(N(C)Cc2cnn(C)c2)s1. The Kier molecular flexibility index (Phi) is 4.55. The van der Waals surface area contributed by atoms with Crippen LogP contribution in [0.1, 0.15) is 24.3 Å². The summed E-state index contributed by atoms with van der Waals surface area (Å²) >= 11 is 1.73. The molecule has 19 heavy (non-hydrogen) atoms. The second kappa shape index (κ2) is 6.16. The normalized spacial score (nSPS) is 11.2. The van der Waals surface area contributed by atoms with Crippen molar-refractivity contribution in [3.63, 3.8) is 0 Å². The third-order valence-electron chi connectivity index (χ3n) is 2.73. The van der Waals surface area contributed by atoms with Gasteiger partial charge >= 0.3 is 0 Å². The van der Waals surface area contributed by atoms with Crippen molar-refractivity contribution in [2.45, 2.75) is 33.0 Å². The highest BCUT2D eigenvalue weighted by Crippen LogP contribution is 2.22. The van der Waals surface area contributed by atoms with Gasteiger partial charge in [-0.15, -0.1) is 11.3 Å². The molecule has 0 aromatic carbocycles. The zero-order valence-corrected chi connectivity index (χ0v) is 12.7. The number of hydrogen-bond acceptors (Lipinski definition) is 5. The molecule has 0 bridgehead atoms. The highest BCUT2D eigenvalue weighted by atomic mass is 32.1. The molecular formula is C13H21N5S. The Labute approximate surface area is 118 Å². The van der Waals surface area contributed by atoms with Crippen molar-refractivity contribution >= 4 is 16.5 Å². The monoisotopic (exact) mass is 279 g/mol. The lowest BCUT2D eigenvalue weighted by molar-refractivity contribution is 0.593. The minimum Gasteiger partial charge on any atom is -0.347 e. The summed E-state index contributed by atoms with van der Waals surface area (Å²) in [5.41, 5.74) is 1.20. The van der Waals surface area contributed by atoms with Crippen LogP contribution in [0.25, 0.3) is 0 Å². The summed E-state index contributed by atoms with van der Waals surface area (Å²) in [6, 6.07) is 0.499. The van der Waals surface area contributed by atoms with E-state index in [1.807, 2.05) is 30.3 Å². The van der Waals surface area contributed by atoms with Gasteiger partial charge in [-0.3, -0.25) is 4.68 Å². The van der Waals surface area contributed by atoms with Crippen LogP contribution in [0.5, 0.6) is 0 Å². The average Bonchev–Trinajstić information content (AvgIpc) is 2.95. The van der Waals surface area contributed by atoms with Crippen molar-refractivity contribution in [1.29, 1.82) is 0 Å². The number of nitrogens with one attached hydrogen (secondary N) is 1. The standard InChI is InChI=1S/C13H21N5S/c1-10(2)14-6-12-7-15-13(19-12)17(3)8-11-5-16-18(4)9-11/h5,7,9-10,14H,6,8H2,1-4H3. The van der Waals surface area contributed by atoms with E-state index >= 15 is 0 Å². The van der Waals surface area contributed by atoms with E-state index in [-0.39, 0.29) is 0 Å². The molecule has 0 amide bonds. The Morgan fingerprint density at radius 1 is 1.42 bits per heavy atom. The maximum absolute atomic E-state index is 4.47. The molecule has 0 spiro atoms. The average molecular weight is 279 g/mol. The van der Waals surface area contributed by atoms with Crippen LogP contribution in [0, 0.1) is 0 Å². The third kappa shape index (κ3) is 4.04. The lowest BCUT2D eigenvalue weighted by atomic mass is 10.3. The first-order valence-corrected chi connectivity index (χ1v) is 7.23. The molecule has 0 saturated heterocycles. The molecule has 0 radical (unpaired) electrons. The first kappa shape index (κ1) is 14.0. The second-order valence-corrected chi connectivity index (χ2v) is 6.12. The van der Waals surface area contributed by atoms with Crippen LogP contribution in [0.15, 0.2) is 18.6 Å². The number of hydrogen-bond donors (Lipinski definition) is 1. The Morgan fingerprint density at radius 3 is 2.84 bits per heavy atom. The van der Waals surface area contributed by atoms with E-state index in [9.17, 15) is 0 Å². The summed E-state index contributed by atoms with van der Waals surface area (Å²) in [7, 11) is 3.99. The van der Waals surface area contributed by atoms with Gasteiger partial charge in [0.15, 0.2) is 5.13 Å². The lowest BCUT2D eigenvalue weighted by Gasteiger charge is -2.14. The minimum atomic E-state index is 0.499. The maximum Gasteiger partial charge on any atom is 0.185 e. The number of aryl methyl sites for hydroxylation is 1. The fraction of sp³-hybridized carbons (Fsp3) is 0.538. The highest BCUT2D eigenvalue weighted by Gasteiger charge is 2.09. The Balaban J connectivity index is 1.94. The van der Waals surface area contributed by atoms with Crippen LogP contribution in [0.2, 0.25) is 0 Å². The Bertz CT molecular complexity index is 517. The van der Waals surface area contributed by atoms with E-state index in [0.717, 1.165) is 18.2 Å². The van der Waals surface area contributed by atoms with Gasteiger partial charge in [0.25, 0.3) is 0 Å². The molecule has 6 heteroatoms. The topological polar surface area (TPSA) is 46.0 Å². The summed E-state index contributed by atoms with van der Waals surface area (Å²) in [6.45, 7) is 6.02. The number of rotatable bonds is 6. The molecule has 0 aliphatic carbocycles. The summed E-state index contributed by atoms with van der Waals surface area (Å²) in [6.07, 6.45) is 5.88. The fourth-order valence-electron chi connectivity index (χ4n) is 1.76. The first-order valence-electron chi connectivity index (χ1n) is 6.41. The Hall–Kier alpha value is -1.40. The summed E-state index contributed by atoms with van der Waals surface area (Å²) in [5, 5.41) is 8.63. The van der Waals surface area contributed by atoms with Crippen LogP contribution in [0.3, 0.4) is 0 Å². The van der Waals surface area contributed by atoms with Gasteiger partial charge in [-0.05, 0) is 0 Å². The predicted molar refractivity (Wildman–Crippen MR) is 79.4 cm³/mol. The van der Waals surface area contributed by atoms with Gasteiger partial charge < -0.3 is 10.2 Å². The molecule has 1 N–H and O–H groups in total. The van der Waals surface area contributed by atoms with Crippen molar-refractivity contribution in [3.05, 3.63) is 29.0 Å². The van der Waals surface area contributed by atoms with Crippen LogP contribution in [0.4, 0.5) is 5.13 Å². The van der Waals surface area contributed by atoms with E-state index in [4.69, 9.17) is 0 Å². The number of aromatic nitrogens is 3. The molecule has 2 aromatic heterocycles. The van der Waals surface area contributed by atoms with Crippen LogP contribution in [-0.4, -0.2) is 27.9 Å². The van der Waals surface area contributed by atoms with Gasteiger partial charge in [0, 0.05) is 56.1 Å². The molecule has 5 nitrogen and oxygen atoms in total. The summed E-state index contributed by atoms with van der Waals surface area (Å²) < 4.78 is 1.82. The lowest BCUT2D eigenvalue weighted by Crippen LogP contribution is -2.21. The molecule has 0 aliphatic rings. The van der Waals surface area contributed by atoms with Gasteiger partial charge in [-0.2, -0.15) is 5.10 Å². The largest absolute Gasteiger partial charge is 0.347 e. The minimum absolute atomic E-state index is 0.499. The Morgan fingerprint density at radius 2 is 2.21 bits per heavy atom. The zero-order chi connectivity index (χ0) is 13.8. The second-order valence-electron chi connectivity index (χ2n) is 5.02. The summed E-state index contributed by atoms with van der Waals surface area (Å²) in [4.78, 5) is 7.89. The third-order valence-corrected chi connectivity index (χ3v) is 3.84. The molecule has 0 unspecified atom stereocenters. The van der Waals surface area contributed by atoms with E-state index in [2.05, 4.69) is 41.2 Å². The van der Waals surface area contributed by atoms with Crippen molar-refractivity contribution in [1.82, 2.24) is 20.1 Å². The number of thiazole rings is 1. The molecule has 0 atom stereocenters. The van der Waals surface area contributed by atoms with E-state index in [1.165, 1.54) is 10.4 Å². The fourth-order valence-corrected chi connectivity index (χ4v) is 2.58. The van der Waals surface area contributed by atoms with Crippen molar-refractivity contribution in [2.75, 3.05) is 11.9 Å². The first-order chi connectivity index (χ1) is 9.04. The van der Waals surface area contributed by atoms with E-state index < -0.39 is 0 Å². The van der Waals surface area contributed by atoms with Gasteiger partial charge in [-0.25, -0.2) is 4.98 Å². The quantitative estimate of drug-likeness (QED) is 0.878. The molecule has 0 aliphatic heterocycles. The van der Waals surface area contributed by atoms with Crippen LogP contribution < -0.4 is 10.2 Å². The van der Waals surface area contributed by atoms with Gasteiger partial charge in [0.1, 0.15) is 0 Å². The predicted octanol–water partition coefficient (Wildman–Crippen LogP) is 2.01. The summed E-state index contributed by atoms with van der Waals surface area (Å²) in [5.74, 6) is 0.